The summed E-state index contributed by atoms with van der Waals surface area (Å²) in [6.45, 7) is 7.18. The summed E-state index contributed by atoms with van der Waals surface area (Å²) in [5.41, 5.74) is -0.0622. The molecule has 92 valence electrons. The van der Waals surface area contributed by atoms with Crippen molar-refractivity contribution in [1.29, 1.82) is 0 Å². The fraction of sp³-hybridized carbons (Fsp3) is 0.667. The standard InChI is InChI=1S/C12H20BrNO2/c1-4-12(3,8-15)7-14-9(2)11-10(13)5-6-16-11/h5-6,9,14-15H,4,7-8H2,1-3H3. The zero-order valence-corrected chi connectivity index (χ0v) is 11.7. The Labute approximate surface area is 105 Å². The highest BCUT2D eigenvalue weighted by atomic mass is 79.9. The molecule has 0 aliphatic heterocycles. The van der Waals surface area contributed by atoms with Crippen LogP contribution in [0.3, 0.4) is 0 Å². The van der Waals surface area contributed by atoms with Crippen LogP contribution in [0.5, 0.6) is 0 Å². The molecule has 2 N–H and O–H groups in total. The third-order valence-corrected chi connectivity index (χ3v) is 3.76. The first-order valence-electron chi connectivity index (χ1n) is 5.59. The lowest BCUT2D eigenvalue weighted by Crippen LogP contribution is -2.35. The van der Waals surface area contributed by atoms with Gasteiger partial charge in [-0.2, -0.15) is 0 Å². The van der Waals surface area contributed by atoms with Crippen LogP contribution >= 0.6 is 15.9 Å². The van der Waals surface area contributed by atoms with E-state index >= 15 is 0 Å². The van der Waals surface area contributed by atoms with E-state index < -0.39 is 0 Å². The average Bonchev–Trinajstić information content (AvgIpc) is 2.72. The van der Waals surface area contributed by atoms with Gasteiger partial charge in [-0.05, 0) is 35.3 Å². The predicted octanol–water partition coefficient (Wildman–Crippen LogP) is 3.10. The van der Waals surface area contributed by atoms with Crippen molar-refractivity contribution in [3.05, 3.63) is 22.6 Å². The molecule has 0 aliphatic carbocycles. The van der Waals surface area contributed by atoms with Gasteiger partial charge in [-0.3, -0.25) is 0 Å². The molecule has 3 nitrogen and oxygen atoms in total. The van der Waals surface area contributed by atoms with Crippen molar-refractivity contribution in [2.24, 2.45) is 5.41 Å². The summed E-state index contributed by atoms with van der Waals surface area (Å²) in [5, 5.41) is 12.7. The molecular weight excluding hydrogens is 270 g/mol. The lowest BCUT2D eigenvalue weighted by Gasteiger charge is -2.27. The van der Waals surface area contributed by atoms with Crippen LogP contribution < -0.4 is 5.32 Å². The molecule has 2 atom stereocenters. The summed E-state index contributed by atoms with van der Waals surface area (Å²) in [4.78, 5) is 0. The third-order valence-electron chi connectivity index (χ3n) is 3.11. The number of halogens is 1. The topological polar surface area (TPSA) is 45.4 Å². The van der Waals surface area contributed by atoms with Crippen LogP contribution in [0.25, 0.3) is 0 Å². The Kier molecular flexibility index (Phi) is 5.02. The fourth-order valence-electron chi connectivity index (χ4n) is 1.40. The number of aliphatic hydroxyl groups is 1. The van der Waals surface area contributed by atoms with Crippen molar-refractivity contribution in [1.82, 2.24) is 5.32 Å². The molecule has 1 aromatic rings. The van der Waals surface area contributed by atoms with Gasteiger partial charge in [0.15, 0.2) is 0 Å². The lowest BCUT2D eigenvalue weighted by atomic mass is 9.88. The normalized spacial score (nSPS) is 17.1. The number of nitrogens with one attached hydrogen (secondary N) is 1. The van der Waals surface area contributed by atoms with Crippen LogP contribution in [0.15, 0.2) is 21.2 Å². The molecule has 0 radical (unpaired) electrons. The van der Waals surface area contributed by atoms with Crippen molar-refractivity contribution in [3.8, 4) is 0 Å². The van der Waals surface area contributed by atoms with E-state index in [4.69, 9.17) is 4.42 Å². The Bertz CT molecular complexity index is 321. The smallest absolute Gasteiger partial charge is 0.134 e. The maximum absolute atomic E-state index is 9.31. The molecule has 1 rings (SSSR count). The van der Waals surface area contributed by atoms with Gasteiger partial charge in [0.2, 0.25) is 0 Å². The molecule has 0 aliphatic rings. The van der Waals surface area contributed by atoms with E-state index in [9.17, 15) is 5.11 Å². The average molecular weight is 290 g/mol. The maximum Gasteiger partial charge on any atom is 0.134 e. The molecular formula is C12H20BrNO2. The SMILES string of the molecule is CCC(C)(CO)CNC(C)c1occc1Br. The summed E-state index contributed by atoms with van der Waals surface area (Å²) in [7, 11) is 0. The molecule has 0 saturated carbocycles. The van der Waals surface area contributed by atoms with Gasteiger partial charge in [-0.1, -0.05) is 13.8 Å². The second kappa shape index (κ2) is 5.84. The van der Waals surface area contributed by atoms with E-state index in [1.165, 1.54) is 0 Å². The van der Waals surface area contributed by atoms with Gasteiger partial charge in [-0.25, -0.2) is 0 Å². The van der Waals surface area contributed by atoms with Gasteiger partial charge in [0, 0.05) is 18.6 Å². The molecule has 4 heteroatoms. The van der Waals surface area contributed by atoms with Crippen LogP contribution in [0.4, 0.5) is 0 Å². The highest BCUT2D eigenvalue weighted by Gasteiger charge is 2.22. The molecule has 0 amide bonds. The monoisotopic (exact) mass is 289 g/mol. The van der Waals surface area contributed by atoms with Crippen molar-refractivity contribution < 1.29 is 9.52 Å². The van der Waals surface area contributed by atoms with Gasteiger partial charge in [-0.15, -0.1) is 0 Å². The van der Waals surface area contributed by atoms with E-state index in [0.717, 1.165) is 23.2 Å². The molecule has 0 spiro atoms. The molecule has 0 aromatic carbocycles. The minimum Gasteiger partial charge on any atom is -0.466 e. The fourth-order valence-corrected chi connectivity index (χ4v) is 1.94. The van der Waals surface area contributed by atoms with Gasteiger partial charge >= 0.3 is 0 Å². The Morgan fingerprint density at radius 2 is 2.31 bits per heavy atom. The summed E-state index contributed by atoms with van der Waals surface area (Å²) in [6.07, 6.45) is 2.62. The lowest BCUT2D eigenvalue weighted by molar-refractivity contribution is 0.131. The van der Waals surface area contributed by atoms with E-state index in [2.05, 4.69) is 42.0 Å². The second-order valence-electron chi connectivity index (χ2n) is 4.56. The molecule has 1 aromatic heterocycles. The number of aliphatic hydroxyl groups excluding tert-OH is 1. The Morgan fingerprint density at radius 3 is 2.75 bits per heavy atom. The van der Waals surface area contributed by atoms with Crippen molar-refractivity contribution in [2.45, 2.75) is 33.2 Å². The van der Waals surface area contributed by atoms with E-state index in [-0.39, 0.29) is 18.1 Å². The number of rotatable bonds is 6. The van der Waals surface area contributed by atoms with E-state index in [1.54, 1.807) is 6.26 Å². The largest absolute Gasteiger partial charge is 0.466 e. The molecule has 2 unspecified atom stereocenters. The Morgan fingerprint density at radius 1 is 1.62 bits per heavy atom. The Hall–Kier alpha value is -0.320. The predicted molar refractivity (Wildman–Crippen MR) is 68.3 cm³/mol. The van der Waals surface area contributed by atoms with Crippen LogP contribution in [-0.2, 0) is 0 Å². The summed E-state index contributed by atoms with van der Waals surface area (Å²) in [6, 6.07) is 2.03. The first-order valence-corrected chi connectivity index (χ1v) is 6.39. The maximum atomic E-state index is 9.31. The number of hydrogen-bond acceptors (Lipinski definition) is 3. The van der Waals surface area contributed by atoms with Gasteiger partial charge in [0.05, 0.1) is 16.8 Å². The second-order valence-corrected chi connectivity index (χ2v) is 5.41. The van der Waals surface area contributed by atoms with Crippen molar-refractivity contribution in [2.75, 3.05) is 13.2 Å². The summed E-state index contributed by atoms with van der Waals surface area (Å²) < 4.78 is 6.37. The quantitative estimate of drug-likeness (QED) is 0.846. The Balaban J connectivity index is 2.53. The van der Waals surface area contributed by atoms with Crippen LogP contribution in [0.2, 0.25) is 0 Å². The first-order chi connectivity index (χ1) is 7.52. The molecule has 1 heterocycles. The highest BCUT2D eigenvalue weighted by molar-refractivity contribution is 9.10. The minimum absolute atomic E-state index is 0.0622. The molecule has 16 heavy (non-hydrogen) atoms. The van der Waals surface area contributed by atoms with Crippen LogP contribution in [0.1, 0.15) is 39.0 Å². The van der Waals surface area contributed by atoms with Crippen LogP contribution in [-0.4, -0.2) is 18.3 Å². The summed E-state index contributed by atoms with van der Waals surface area (Å²) >= 11 is 3.44. The van der Waals surface area contributed by atoms with Crippen LogP contribution in [0, 0.1) is 5.41 Å². The van der Waals surface area contributed by atoms with Crippen molar-refractivity contribution in [3.63, 3.8) is 0 Å². The zero-order chi connectivity index (χ0) is 12.2. The van der Waals surface area contributed by atoms with E-state index in [1.807, 2.05) is 6.07 Å². The van der Waals surface area contributed by atoms with Gasteiger partial charge < -0.3 is 14.8 Å². The van der Waals surface area contributed by atoms with Gasteiger partial charge in [0.25, 0.3) is 0 Å². The third kappa shape index (κ3) is 3.34. The zero-order valence-electron chi connectivity index (χ0n) is 10.1. The summed E-state index contributed by atoms with van der Waals surface area (Å²) in [5.74, 6) is 0.899. The molecule has 0 bridgehead atoms. The minimum atomic E-state index is -0.0622. The van der Waals surface area contributed by atoms with Gasteiger partial charge in [0.1, 0.15) is 5.76 Å². The highest BCUT2D eigenvalue weighted by Crippen LogP contribution is 2.26. The van der Waals surface area contributed by atoms with Crippen molar-refractivity contribution >= 4 is 15.9 Å². The number of furan rings is 1. The first kappa shape index (κ1) is 13.7. The molecule has 0 fully saturated rings. The number of hydrogen-bond donors (Lipinski definition) is 2. The van der Waals surface area contributed by atoms with E-state index in [0.29, 0.717) is 0 Å². The molecule has 0 saturated heterocycles.